The molecule has 2 heterocycles. The minimum atomic E-state index is -4.52. The number of alkyl halides is 3. The minimum Gasteiger partial charge on any atom is -0.343 e. The standard InChI is InChI=1S/C26H29F4N6O4S2/c1-16-32-34-36(33-16)15-19-13-20(26(28,29)30)4-2-18(19)3-7-25(37)35-10-8-17(9-11-35)12-24(41-38)22-6-5-21(14-23(22)27)42(31,39)40/h2,4-6,13-14,17,24H,3,7-12,15H2,1H3,(H2,31,39,40)/q+1. The Kier molecular flexibility index (Phi) is 9.67. The molecule has 0 bridgehead atoms. The summed E-state index contributed by atoms with van der Waals surface area (Å²) < 4.78 is 89.4. The van der Waals surface area contributed by atoms with Crippen molar-refractivity contribution in [3.8, 4) is 0 Å². The molecule has 4 rings (SSSR count). The van der Waals surface area contributed by atoms with E-state index in [1.54, 1.807) is 11.8 Å². The Morgan fingerprint density at radius 3 is 2.43 bits per heavy atom. The van der Waals surface area contributed by atoms with E-state index in [1.165, 1.54) is 23.0 Å². The molecule has 1 fully saturated rings. The maximum Gasteiger partial charge on any atom is 0.467 e. The molecule has 1 atom stereocenters. The molecule has 0 radical (unpaired) electrons. The Labute approximate surface area is 243 Å². The summed E-state index contributed by atoms with van der Waals surface area (Å²) in [6.07, 6.45) is -2.68. The van der Waals surface area contributed by atoms with E-state index in [0.29, 0.717) is 49.3 Å². The highest BCUT2D eigenvalue weighted by Gasteiger charge is 2.34. The Hall–Kier alpha value is -3.37. The van der Waals surface area contributed by atoms with Gasteiger partial charge in [0.25, 0.3) is 5.25 Å². The average Bonchev–Trinajstić information content (AvgIpc) is 3.34. The fourth-order valence-electron chi connectivity index (χ4n) is 5.02. The van der Waals surface area contributed by atoms with Gasteiger partial charge in [0.2, 0.25) is 15.9 Å². The summed E-state index contributed by atoms with van der Waals surface area (Å²) in [5.74, 6) is -0.543. The van der Waals surface area contributed by atoms with Gasteiger partial charge in [0.05, 0.1) is 22.6 Å². The van der Waals surface area contributed by atoms with Crippen LogP contribution in [0.3, 0.4) is 0 Å². The first-order chi connectivity index (χ1) is 19.7. The van der Waals surface area contributed by atoms with Crippen molar-refractivity contribution in [3.05, 3.63) is 70.3 Å². The zero-order valence-electron chi connectivity index (χ0n) is 22.6. The second-order valence-electron chi connectivity index (χ2n) is 10.2. The van der Waals surface area contributed by atoms with Crippen molar-refractivity contribution in [3.63, 3.8) is 0 Å². The number of halogens is 4. The van der Waals surface area contributed by atoms with Gasteiger partial charge in [-0.2, -0.15) is 18.0 Å². The van der Waals surface area contributed by atoms with Gasteiger partial charge in [-0.05, 0) is 78.8 Å². The van der Waals surface area contributed by atoms with Crippen molar-refractivity contribution in [1.29, 1.82) is 0 Å². The van der Waals surface area contributed by atoms with Gasteiger partial charge in [0.1, 0.15) is 5.82 Å². The summed E-state index contributed by atoms with van der Waals surface area (Å²) in [4.78, 5) is 15.5. The molecule has 10 nitrogen and oxygen atoms in total. The largest absolute Gasteiger partial charge is 0.467 e. The number of primary sulfonamides is 1. The number of tetrazole rings is 1. The number of hydrogen-bond donors (Lipinski definition) is 1. The van der Waals surface area contributed by atoms with Crippen LogP contribution in [-0.2, 0) is 49.8 Å². The van der Waals surface area contributed by atoms with Crippen LogP contribution in [0.25, 0.3) is 0 Å². The quantitative estimate of drug-likeness (QED) is 0.267. The first kappa shape index (κ1) is 31.6. The predicted molar refractivity (Wildman–Crippen MR) is 144 cm³/mol. The maximum atomic E-state index is 14.6. The number of piperidine rings is 1. The lowest BCUT2D eigenvalue weighted by atomic mass is 9.90. The number of amides is 1. The van der Waals surface area contributed by atoms with Crippen molar-refractivity contribution < 1.29 is 35.0 Å². The van der Waals surface area contributed by atoms with Crippen molar-refractivity contribution in [2.75, 3.05) is 13.1 Å². The van der Waals surface area contributed by atoms with E-state index >= 15 is 0 Å². The molecule has 0 spiro atoms. The van der Waals surface area contributed by atoms with E-state index in [9.17, 15) is 35.0 Å². The number of aromatic nitrogens is 4. The Morgan fingerprint density at radius 2 is 1.86 bits per heavy atom. The van der Waals surface area contributed by atoms with Crippen LogP contribution < -0.4 is 5.14 Å². The molecule has 1 unspecified atom stereocenters. The summed E-state index contributed by atoms with van der Waals surface area (Å²) >= 11 is 0.226. The lowest BCUT2D eigenvalue weighted by Gasteiger charge is -2.32. The summed E-state index contributed by atoms with van der Waals surface area (Å²) in [5.41, 5.74) is 0.219. The zero-order valence-corrected chi connectivity index (χ0v) is 24.2. The van der Waals surface area contributed by atoms with Crippen LogP contribution in [0.2, 0.25) is 0 Å². The number of hydrogen-bond acceptors (Lipinski definition) is 7. The third-order valence-corrected chi connectivity index (χ3v) is 8.87. The predicted octanol–water partition coefficient (Wildman–Crippen LogP) is 3.57. The second-order valence-corrected chi connectivity index (χ2v) is 12.5. The van der Waals surface area contributed by atoms with Gasteiger partial charge in [-0.1, -0.05) is 6.07 Å². The molecule has 0 aliphatic carbocycles. The van der Waals surface area contributed by atoms with E-state index in [0.717, 1.165) is 18.2 Å². The molecule has 2 aromatic carbocycles. The Bertz CT molecular complexity index is 1560. The van der Waals surface area contributed by atoms with Gasteiger partial charge < -0.3 is 4.90 Å². The smallest absolute Gasteiger partial charge is 0.343 e. The number of carbonyl (C=O) groups is 1. The molecule has 1 aromatic heterocycles. The summed E-state index contributed by atoms with van der Waals surface area (Å²) in [6, 6.07) is 6.64. The van der Waals surface area contributed by atoms with Crippen LogP contribution in [0, 0.1) is 18.7 Å². The van der Waals surface area contributed by atoms with E-state index in [2.05, 4.69) is 15.4 Å². The summed E-state index contributed by atoms with van der Waals surface area (Å²) in [5, 5.41) is 15.9. The molecule has 1 aliphatic rings. The molecule has 1 amide bonds. The molecule has 2 N–H and O–H groups in total. The number of nitrogens with two attached hydrogens (primary N) is 1. The van der Waals surface area contributed by atoms with Crippen molar-refractivity contribution in [2.45, 2.75) is 61.9 Å². The van der Waals surface area contributed by atoms with E-state index in [4.69, 9.17) is 5.14 Å². The van der Waals surface area contributed by atoms with E-state index < -0.39 is 32.8 Å². The van der Waals surface area contributed by atoms with Gasteiger partial charge >= 0.3 is 17.8 Å². The molecular weight excluding hydrogens is 600 g/mol. The highest BCUT2D eigenvalue weighted by molar-refractivity contribution is 7.89. The number of rotatable bonds is 10. The van der Waals surface area contributed by atoms with Gasteiger partial charge in [-0.15, -0.1) is 10.2 Å². The number of benzene rings is 2. The normalized spacial score (nSPS) is 15.5. The first-order valence-electron chi connectivity index (χ1n) is 13.1. The van der Waals surface area contributed by atoms with Crippen LogP contribution in [0.5, 0.6) is 0 Å². The fraction of sp³-hybridized carbons (Fsp3) is 0.462. The summed E-state index contributed by atoms with van der Waals surface area (Å²) in [6.45, 7) is 2.44. The second kappa shape index (κ2) is 12.9. The maximum absolute atomic E-state index is 14.6. The van der Waals surface area contributed by atoms with Gasteiger partial charge in [-0.25, -0.2) is 17.9 Å². The zero-order chi connectivity index (χ0) is 30.7. The molecule has 16 heteroatoms. The molecule has 42 heavy (non-hydrogen) atoms. The highest BCUT2D eigenvalue weighted by atomic mass is 32.2. The summed E-state index contributed by atoms with van der Waals surface area (Å²) in [7, 11) is -4.08. The number of carbonyl (C=O) groups excluding carboxylic acids is 1. The van der Waals surface area contributed by atoms with Crippen molar-refractivity contribution >= 4 is 27.6 Å². The van der Waals surface area contributed by atoms with Gasteiger partial charge in [0.15, 0.2) is 5.82 Å². The SMILES string of the molecule is Cc1nnn(Cc2cc(C(F)(F)F)ccc2CCC(=O)N2CCC(CC([S+]=O)c3ccc(S(N)(=O)=O)cc3F)CC2)n1. The molecule has 0 saturated carbocycles. The number of nitrogens with zero attached hydrogens (tertiary/aromatic N) is 5. The Balaban J connectivity index is 1.35. The van der Waals surface area contributed by atoms with Crippen molar-refractivity contribution in [1.82, 2.24) is 25.1 Å². The molecule has 3 aromatic rings. The fourth-order valence-corrected chi connectivity index (χ4v) is 6.19. The molecular formula is C26H29F4N6O4S2+. The van der Waals surface area contributed by atoms with Crippen LogP contribution in [0.4, 0.5) is 17.6 Å². The third kappa shape index (κ3) is 7.92. The minimum absolute atomic E-state index is 0.0239. The van der Waals surface area contributed by atoms with Gasteiger partial charge in [0, 0.05) is 30.1 Å². The Morgan fingerprint density at radius 1 is 1.14 bits per heavy atom. The number of sulfonamides is 1. The molecule has 1 saturated heterocycles. The lowest BCUT2D eigenvalue weighted by Crippen LogP contribution is -2.38. The topological polar surface area (TPSA) is 141 Å². The van der Waals surface area contributed by atoms with Crippen LogP contribution >= 0.6 is 0 Å². The van der Waals surface area contributed by atoms with Crippen LogP contribution in [-0.4, -0.2) is 52.5 Å². The van der Waals surface area contributed by atoms with Gasteiger partial charge in [-0.3, -0.25) is 4.79 Å². The van der Waals surface area contributed by atoms with Crippen LogP contribution in [0.1, 0.15) is 59.0 Å². The van der Waals surface area contributed by atoms with E-state index in [-0.39, 0.29) is 53.3 Å². The third-order valence-electron chi connectivity index (χ3n) is 7.28. The molecule has 226 valence electrons. The average molecular weight is 630 g/mol. The monoisotopic (exact) mass is 629 g/mol. The lowest BCUT2D eigenvalue weighted by molar-refractivity contribution is -0.137. The highest BCUT2D eigenvalue weighted by Crippen LogP contribution is 2.33. The van der Waals surface area contributed by atoms with Crippen molar-refractivity contribution in [2.24, 2.45) is 11.1 Å². The van der Waals surface area contributed by atoms with Crippen LogP contribution in [0.15, 0.2) is 41.3 Å². The number of aryl methyl sites for hydroxylation is 2. The first-order valence-corrected chi connectivity index (χ1v) is 15.4. The molecule has 1 aliphatic heterocycles. The van der Waals surface area contributed by atoms with E-state index in [1.807, 2.05) is 0 Å². The number of likely N-dealkylation sites (tertiary alicyclic amines) is 1.